The fraction of sp³-hybridized carbons (Fsp3) is 0.278. The summed E-state index contributed by atoms with van der Waals surface area (Å²) >= 11 is 0. The first-order chi connectivity index (χ1) is 12.6. The summed E-state index contributed by atoms with van der Waals surface area (Å²) in [6, 6.07) is 2.69. The Labute approximate surface area is 149 Å². The molecule has 4 rings (SSSR count). The molecule has 2 aromatic heterocycles. The van der Waals surface area contributed by atoms with Gasteiger partial charge in [0.25, 0.3) is 0 Å². The highest BCUT2D eigenvalue weighted by atomic mass is 19.2. The zero-order chi connectivity index (χ0) is 18.3. The van der Waals surface area contributed by atoms with Crippen molar-refractivity contribution in [3.8, 4) is 17.4 Å². The highest BCUT2D eigenvalue weighted by Gasteiger charge is 2.22. The van der Waals surface area contributed by atoms with E-state index in [0.717, 1.165) is 11.3 Å². The van der Waals surface area contributed by atoms with E-state index in [1.54, 1.807) is 12.4 Å². The average Bonchev–Trinajstić information content (AvgIpc) is 3.09. The van der Waals surface area contributed by atoms with E-state index in [9.17, 15) is 8.78 Å². The molecule has 0 aliphatic carbocycles. The van der Waals surface area contributed by atoms with Crippen LogP contribution in [0.4, 0.5) is 14.5 Å². The lowest BCUT2D eigenvalue weighted by Crippen LogP contribution is -2.31. The summed E-state index contributed by atoms with van der Waals surface area (Å²) in [7, 11) is 3.21. The van der Waals surface area contributed by atoms with E-state index in [-0.39, 0.29) is 5.75 Å². The average molecular weight is 357 g/mol. The number of nitrogens with zero attached hydrogens (tertiary/aromatic N) is 5. The van der Waals surface area contributed by atoms with Gasteiger partial charge in [0.15, 0.2) is 23.2 Å². The Morgan fingerprint density at radius 3 is 2.77 bits per heavy atom. The summed E-state index contributed by atoms with van der Waals surface area (Å²) in [5.74, 6) is -0.713. The molecule has 8 heteroatoms. The van der Waals surface area contributed by atoms with Crippen LogP contribution in [0.1, 0.15) is 11.3 Å². The number of hydrogen-bond donors (Lipinski definition) is 0. The van der Waals surface area contributed by atoms with E-state index >= 15 is 0 Å². The van der Waals surface area contributed by atoms with Gasteiger partial charge >= 0.3 is 0 Å². The number of anilines is 1. The van der Waals surface area contributed by atoms with E-state index in [1.807, 2.05) is 22.7 Å². The van der Waals surface area contributed by atoms with Gasteiger partial charge in [0.05, 0.1) is 12.8 Å². The molecule has 134 valence electrons. The highest BCUT2D eigenvalue weighted by molar-refractivity contribution is 5.54. The second kappa shape index (κ2) is 6.36. The van der Waals surface area contributed by atoms with Gasteiger partial charge in [0.2, 0.25) is 5.82 Å². The topological polar surface area (TPSA) is 56.1 Å². The maximum atomic E-state index is 13.8. The number of methoxy groups -OCH3 is 1. The normalized spacial score (nSPS) is 13.6. The second-order valence-electron chi connectivity index (χ2n) is 6.14. The van der Waals surface area contributed by atoms with Gasteiger partial charge in [-0.2, -0.15) is 4.39 Å². The number of rotatable bonds is 3. The third-order valence-electron chi connectivity index (χ3n) is 4.52. The summed E-state index contributed by atoms with van der Waals surface area (Å²) in [6.07, 6.45) is 6.00. The summed E-state index contributed by atoms with van der Waals surface area (Å²) in [5.41, 5.74) is 2.47. The summed E-state index contributed by atoms with van der Waals surface area (Å²) in [6.45, 7) is 1.16. The Balaban J connectivity index is 1.63. The second-order valence-corrected chi connectivity index (χ2v) is 6.14. The van der Waals surface area contributed by atoms with Gasteiger partial charge in [-0.3, -0.25) is 0 Å². The van der Waals surface area contributed by atoms with Crippen molar-refractivity contribution >= 4 is 5.69 Å². The molecule has 3 aromatic rings. The molecule has 1 aliphatic rings. The van der Waals surface area contributed by atoms with Crippen LogP contribution in [0.15, 0.2) is 30.7 Å². The van der Waals surface area contributed by atoms with E-state index in [2.05, 4.69) is 15.0 Å². The van der Waals surface area contributed by atoms with Crippen molar-refractivity contribution in [3.63, 3.8) is 0 Å². The Hall–Kier alpha value is -3.03. The third-order valence-corrected chi connectivity index (χ3v) is 4.52. The molecule has 0 radical (unpaired) electrons. The van der Waals surface area contributed by atoms with Gasteiger partial charge in [0, 0.05) is 68.5 Å². The molecule has 0 N–H and O–H groups in total. The molecule has 0 fully saturated rings. The molecule has 1 aliphatic heterocycles. The zero-order valence-electron chi connectivity index (χ0n) is 14.4. The molecular weight excluding hydrogens is 340 g/mol. The molecule has 0 saturated carbocycles. The molecule has 1 aromatic carbocycles. The Bertz CT molecular complexity index is 972. The van der Waals surface area contributed by atoms with Crippen LogP contribution in [0.3, 0.4) is 0 Å². The fourth-order valence-electron chi connectivity index (χ4n) is 3.11. The number of imidazole rings is 1. The van der Waals surface area contributed by atoms with Crippen LogP contribution < -0.4 is 9.64 Å². The minimum atomic E-state index is -0.975. The zero-order valence-corrected chi connectivity index (χ0v) is 14.4. The SMILES string of the molecule is COc1cc(N2CCc3nc(-c4nccn4C)ncc3C2)cc(F)c1F. The third kappa shape index (κ3) is 2.77. The van der Waals surface area contributed by atoms with Gasteiger partial charge < -0.3 is 14.2 Å². The smallest absolute Gasteiger partial charge is 0.200 e. The molecular formula is C18H17F2N5O. The molecule has 0 saturated heterocycles. The van der Waals surface area contributed by atoms with Gasteiger partial charge in [-0.05, 0) is 0 Å². The standard InChI is InChI=1S/C18H17F2N5O/c1-24-6-4-21-18(24)17-22-9-11-10-25(5-3-14(11)23-17)12-7-13(19)16(20)15(8-12)26-2/h4,6-9H,3,5,10H2,1-2H3. The first-order valence-electron chi connectivity index (χ1n) is 8.17. The Kier molecular flexibility index (Phi) is 4.02. The van der Waals surface area contributed by atoms with Crippen LogP contribution in [0.25, 0.3) is 11.6 Å². The molecule has 3 heterocycles. The number of aryl methyl sites for hydroxylation is 1. The molecule has 0 amide bonds. The summed E-state index contributed by atoms with van der Waals surface area (Å²) < 4.78 is 34.2. The van der Waals surface area contributed by atoms with Crippen molar-refractivity contribution in [1.82, 2.24) is 19.5 Å². The predicted octanol–water partition coefficient (Wildman–Crippen LogP) is 2.73. The minimum absolute atomic E-state index is 0.104. The Morgan fingerprint density at radius 1 is 1.19 bits per heavy atom. The summed E-state index contributed by atoms with van der Waals surface area (Å²) in [4.78, 5) is 15.3. The number of fused-ring (bicyclic) bond motifs is 1. The lowest BCUT2D eigenvalue weighted by atomic mass is 10.1. The lowest BCUT2D eigenvalue weighted by molar-refractivity contribution is 0.372. The molecule has 26 heavy (non-hydrogen) atoms. The van der Waals surface area contributed by atoms with Crippen LogP contribution >= 0.6 is 0 Å². The van der Waals surface area contributed by atoms with Crippen molar-refractivity contribution in [2.24, 2.45) is 7.05 Å². The number of aromatic nitrogens is 4. The molecule has 0 bridgehead atoms. The number of halogens is 2. The van der Waals surface area contributed by atoms with Crippen LogP contribution in [0.2, 0.25) is 0 Å². The first-order valence-corrected chi connectivity index (χ1v) is 8.17. The van der Waals surface area contributed by atoms with E-state index in [1.165, 1.54) is 19.2 Å². The van der Waals surface area contributed by atoms with E-state index in [0.29, 0.717) is 36.8 Å². The Morgan fingerprint density at radius 2 is 2.04 bits per heavy atom. The maximum absolute atomic E-state index is 13.8. The van der Waals surface area contributed by atoms with Crippen LogP contribution in [0.5, 0.6) is 5.75 Å². The predicted molar refractivity (Wildman–Crippen MR) is 91.9 cm³/mol. The lowest BCUT2D eigenvalue weighted by Gasteiger charge is -2.30. The largest absolute Gasteiger partial charge is 0.493 e. The van der Waals surface area contributed by atoms with Crippen molar-refractivity contribution in [2.75, 3.05) is 18.6 Å². The summed E-state index contributed by atoms with van der Waals surface area (Å²) in [5, 5.41) is 0. The number of benzene rings is 1. The van der Waals surface area contributed by atoms with Gasteiger partial charge in [-0.15, -0.1) is 0 Å². The van der Waals surface area contributed by atoms with Crippen LogP contribution in [-0.2, 0) is 20.0 Å². The molecule has 0 spiro atoms. The molecule has 6 nitrogen and oxygen atoms in total. The van der Waals surface area contributed by atoms with Crippen molar-refractivity contribution in [1.29, 1.82) is 0 Å². The van der Waals surface area contributed by atoms with Crippen molar-refractivity contribution in [2.45, 2.75) is 13.0 Å². The van der Waals surface area contributed by atoms with E-state index < -0.39 is 11.6 Å². The van der Waals surface area contributed by atoms with E-state index in [4.69, 9.17) is 4.74 Å². The van der Waals surface area contributed by atoms with Crippen molar-refractivity contribution in [3.05, 3.63) is 53.6 Å². The molecule has 0 atom stereocenters. The number of hydrogen-bond acceptors (Lipinski definition) is 5. The fourth-order valence-corrected chi connectivity index (χ4v) is 3.11. The van der Waals surface area contributed by atoms with Crippen LogP contribution in [0, 0.1) is 11.6 Å². The number of ether oxygens (including phenoxy) is 1. The quantitative estimate of drug-likeness (QED) is 0.721. The van der Waals surface area contributed by atoms with Gasteiger partial charge in [-0.1, -0.05) is 0 Å². The maximum Gasteiger partial charge on any atom is 0.200 e. The monoisotopic (exact) mass is 357 g/mol. The first kappa shape index (κ1) is 16.4. The minimum Gasteiger partial charge on any atom is -0.493 e. The van der Waals surface area contributed by atoms with Gasteiger partial charge in [-0.25, -0.2) is 19.3 Å². The molecule has 0 unspecified atom stereocenters. The van der Waals surface area contributed by atoms with Crippen molar-refractivity contribution < 1.29 is 13.5 Å². The van der Waals surface area contributed by atoms with Gasteiger partial charge in [0.1, 0.15) is 0 Å². The van der Waals surface area contributed by atoms with Crippen LogP contribution in [-0.4, -0.2) is 33.2 Å². The highest BCUT2D eigenvalue weighted by Crippen LogP contribution is 2.30.